The van der Waals surface area contributed by atoms with Gasteiger partial charge >= 0.3 is 0 Å². The van der Waals surface area contributed by atoms with Gasteiger partial charge in [0.15, 0.2) is 0 Å². The Morgan fingerprint density at radius 3 is 3.00 bits per heavy atom. The summed E-state index contributed by atoms with van der Waals surface area (Å²) in [7, 11) is -3.33. The molecule has 2 rings (SSSR count). The van der Waals surface area contributed by atoms with Gasteiger partial charge in [-0.25, -0.2) is 13.1 Å². The summed E-state index contributed by atoms with van der Waals surface area (Å²) in [5, 5.41) is 8.80. The molecule has 6 heteroatoms. The third-order valence-corrected chi connectivity index (χ3v) is 5.54. The van der Waals surface area contributed by atoms with Crippen molar-refractivity contribution >= 4 is 21.8 Å². The van der Waals surface area contributed by atoms with Gasteiger partial charge in [0.05, 0.1) is 17.4 Å². The number of nitriles is 1. The average Bonchev–Trinajstić information content (AvgIpc) is 2.39. The molecule has 19 heavy (non-hydrogen) atoms. The number of hydrogen-bond acceptors (Lipinski definition) is 4. The zero-order chi connectivity index (χ0) is 13.7. The van der Waals surface area contributed by atoms with Crippen LogP contribution in [0.25, 0.3) is 0 Å². The minimum Gasteiger partial charge on any atom is -0.212 e. The van der Waals surface area contributed by atoms with E-state index < -0.39 is 10.0 Å². The van der Waals surface area contributed by atoms with Gasteiger partial charge in [-0.1, -0.05) is 12.1 Å². The van der Waals surface area contributed by atoms with E-state index in [4.69, 9.17) is 5.26 Å². The van der Waals surface area contributed by atoms with Crippen molar-refractivity contribution in [2.24, 2.45) is 0 Å². The Bertz CT molecular complexity index is 573. The fourth-order valence-electron chi connectivity index (χ4n) is 2.08. The zero-order valence-electron chi connectivity index (χ0n) is 10.5. The normalized spacial score (nSPS) is 19.8. The van der Waals surface area contributed by atoms with Gasteiger partial charge in [0, 0.05) is 11.8 Å². The van der Waals surface area contributed by atoms with Crippen LogP contribution in [0.3, 0.4) is 0 Å². The standard InChI is InChI=1S/C13H16N2O2S2/c14-8-11-3-1-4-12(7-11)10-19(16,17)15-13-5-2-6-18-9-13/h1,3-4,7,13,15H,2,5-6,9-10H2/t13-/m1/s1. The molecule has 0 saturated carbocycles. The number of rotatable bonds is 4. The lowest BCUT2D eigenvalue weighted by molar-refractivity contribution is 0.542. The van der Waals surface area contributed by atoms with Crippen LogP contribution in [-0.4, -0.2) is 26.0 Å². The predicted molar refractivity (Wildman–Crippen MR) is 77.3 cm³/mol. The molecule has 1 heterocycles. The minimum absolute atomic E-state index is 0.0444. The highest BCUT2D eigenvalue weighted by atomic mass is 32.2. The highest BCUT2D eigenvalue weighted by molar-refractivity contribution is 7.99. The third-order valence-electron chi connectivity index (χ3n) is 2.92. The van der Waals surface area contributed by atoms with Crippen molar-refractivity contribution in [1.82, 2.24) is 4.72 Å². The lowest BCUT2D eigenvalue weighted by Gasteiger charge is -2.22. The molecule has 4 nitrogen and oxygen atoms in total. The molecule has 1 fully saturated rings. The number of nitrogens with one attached hydrogen (secondary N) is 1. The molecule has 102 valence electrons. The fraction of sp³-hybridized carbons (Fsp3) is 0.462. The first-order chi connectivity index (χ1) is 9.09. The molecule has 1 aliphatic rings. The first kappa shape index (κ1) is 14.4. The largest absolute Gasteiger partial charge is 0.216 e. The quantitative estimate of drug-likeness (QED) is 0.921. The molecule has 0 spiro atoms. The van der Waals surface area contributed by atoms with E-state index in [0.717, 1.165) is 24.3 Å². The first-order valence-electron chi connectivity index (χ1n) is 6.16. The van der Waals surface area contributed by atoms with Crippen LogP contribution >= 0.6 is 11.8 Å². The summed E-state index contributed by atoms with van der Waals surface area (Å²) in [6, 6.07) is 8.79. The molecule has 0 aromatic heterocycles. The van der Waals surface area contributed by atoms with Gasteiger partial charge in [-0.2, -0.15) is 17.0 Å². The molecule has 1 aromatic carbocycles. The summed E-state index contributed by atoms with van der Waals surface area (Å²) >= 11 is 1.79. The SMILES string of the molecule is N#Cc1cccc(CS(=O)(=O)N[C@@H]2CCCSC2)c1. The van der Waals surface area contributed by atoms with Crippen molar-refractivity contribution in [2.75, 3.05) is 11.5 Å². The molecule has 0 radical (unpaired) electrons. The highest BCUT2D eigenvalue weighted by Crippen LogP contribution is 2.18. The molecule has 0 aliphatic carbocycles. The summed E-state index contributed by atoms with van der Waals surface area (Å²) in [6.07, 6.45) is 1.96. The molecule has 1 N–H and O–H groups in total. The third kappa shape index (κ3) is 4.53. The summed E-state index contributed by atoms with van der Waals surface area (Å²) in [6.45, 7) is 0. The molecule has 0 unspecified atom stereocenters. The maximum atomic E-state index is 12.1. The molecule has 1 saturated heterocycles. The second-order valence-electron chi connectivity index (χ2n) is 4.60. The van der Waals surface area contributed by atoms with E-state index in [9.17, 15) is 8.42 Å². The highest BCUT2D eigenvalue weighted by Gasteiger charge is 2.20. The summed E-state index contributed by atoms with van der Waals surface area (Å²) in [5.74, 6) is 1.89. The van der Waals surface area contributed by atoms with E-state index in [0.29, 0.717) is 11.1 Å². The van der Waals surface area contributed by atoms with Gasteiger partial charge in [-0.3, -0.25) is 0 Å². The summed E-state index contributed by atoms with van der Waals surface area (Å²) < 4.78 is 26.9. The van der Waals surface area contributed by atoms with E-state index in [-0.39, 0.29) is 11.8 Å². The van der Waals surface area contributed by atoms with Crippen LogP contribution in [0.5, 0.6) is 0 Å². The molecule has 0 amide bonds. The number of nitrogens with zero attached hydrogens (tertiary/aromatic N) is 1. The van der Waals surface area contributed by atoms with Crippen LogP contribution in [0.4, 0.5) is 0 Å². The second kappa shape index (κ2) is 6.42. The van der Waals surface area contributed by atoms with Crippen LogP contribution in [0, 0.1) is 11.3 Å². The Labute approximate surface area is 118 Å². The van der Waals surface area contributed by atoms with Crippen molar-refractivity contribution in [2.45, 2.75) is 24.6 Å². The van der Waals surface area contributed by atoms with Crippen LogP contribution in [-0.2, 0) is 15.8 Å². The topological polar surface area (TPSA) is 70.0 Å². The number of sulfonamides is 1. The lowest BCUT2D eigenvalue weighted by atomic mass is 10.2. The Hall–Kier alpha value is -1.03. The van der Waals surface area contributed by atoms with E-state index in [1.807, 2.05) is 6.07 Å². The zero-order valence-corrected chi connectivity index (χ0v) is 12.1. The predicted octanol–water partition coefficient (Wildman–Crippen LogP) is 1.87. The first-order valence-corrected chi connectivity index (χ1v) is 8.96. The van der Waals surface area contributed by atoms with Crippen molar-refractivity contribution in [3.63, 3.8) is 0 Å². The van der Waals surface area contributed by atoms with Gasteiger partial charge < -0.3 is 0 Å². The Morgan fingerprint density at radius 2 is 2.32 bits per heavy atom. The number of benzene rings is 1. The maximum absolute atomic E-state index is 12.1. The Balaban J connectivity index is 2.01. The summed E-state index contributed by atoms with van der Waals surface area (Å²) in [4.78, 5) is 0. The summed E-state index contributed by atoms with van der Waals surface area (Å²) in [5.41, 5.74) is 1.14. The van der Waals surface area contributed by atoms with Crippen molar-refractivity contribution in [1.29, 1.82) is 5.26 Å². The molecule has 1 aromatic rings. The molecule has 0 bridgehead atoms. The Morgan fingerprint density at radius 1 is 1.47 bits per heavy atom. The van der Waals surface area contributed by atoms with Gasteiger partial charge in [-0.15, -0.1) is 0 Å². The molecular weight excluding hydrogens is 280 g/mol. The van der Waals surface area contributed by atoms with E-state index in [1.54, 1.807) is 36.0 Å². The van der Waals surface area contributed by atoms with E-state index in [2.05, 4.69) is 4.72 Å². The monoisotopic (exact) mass is 296 g/mol. The molecule has 1 atom stereocenters. The molecule has 1 aliphatic heterocycles. The molecular formula is C13H16N2O2S2. The smallest absolute Gasteiger partial charge is 0.212 e. The van der Waals surface area contributed by atoms with Gasteiger partial charge in [-0.05, 0) is 36.3 Å². The van der Waals surface area contributed by atoms with Gasteiger partial charge in [0.2, 0.25) is 10.0 Å². The van der Waals surface area contributed by atoms with Crippen LogP contribution in [0.15, 0.2) is 24.3 Å². The van der Waals surface area contributed by atoms with Crippen LogP contribution < -0.4 is 4.72 Å². The maximum Gasteiger partial charge on any atom is 0.216 e. The van der Waals surface area contributed by atoms with Gasteiger partial charge in [0.25, 0.3) is 0 Å². The Kier molecular flexibility index (Phi) is 4.86. The van der Waals surface area contributed by atoms with E-state index >= 15 is 0 Å². The second-order valence-corrected chi connectivity index (χ2v) is 7.51. The lowest BCUT2D eigenvalue weighted by Crippen LogP contribution is -2.38. The van der Waals surface area contributed by atoms with Crippen molar-refractivity contribution < 1.29 is 8.42 Å². The van der Waals surface area contributed by atoms with Crippen molar-refractivity contribution in [3.05, 3.63) is 35.4 Å². The number of hydrogen-bond donors (Lipinski definition) is 1. The number of thioether (sulfide) groups is 1. The average molecular weight is 296 g/mol. The van der Waals surface area contributed by atoms with Crippen LogP contribution in [0.2, 0.25) is 0 Å². The minimum atomic E-state index is -3.33. The van der Waals surface area contributed by atoms with Gasteiger partial charge in [0.1, 0.15) is 0 Å². The van der Waals surface area contributed by atoms with Crippen LogP contribution in [0.1, 0.15) is 24.0 Å². The van der Waals surface area contributed by atoms with Crippen molar-refractivity contribution in [3.8, 4) is 6.07 Å². The van der Waals surface area contributed by atoms with E-state index in [1.165, 1.54) is 0 Å². The fourth-order valence-corrected chi connectivity index (χ4v) is 4.67.